The molecule has 0 spiro atoms. The minimum absolute atomic E-state index is 0.0179. The van der Waals surface area contributed by atoms with Gasteiger partial charge in [-0.15, -0.1) is 21.5 Å². The van der Waals surface area contributed by atoms with E-state index in [9.17, 15) is 18.0 Å². The Labute approximate surface area is 238 Å². The topological polar surface area (TPSA) is 166 Å². The first-order chi connectivity index (χ1) is 19.3. The summed E-state index contributed by atoms with van der Waals surface area (Å²) in [5, 5.41) is 21.8. The lowest BCUT2D eigenvalue weighted by Gasteiger charge is -2.39. The second-order valence-corrected chi connectivity index (χ2v) is 12.9. The molecule has 16 heteroatoms. The predicted molar refractivity (Wildman–Crippen MR) is 146 cm³/mol. The average molecular weight is 602 g/mol. The normalized spacial score (nSPS) is 18.0. The summed E-state index contributed by atoms with van der Waals surface area (Å²) in [5.41, 5.74) is 0.879. The summed E-state index contributed by atoms with van der Waals surface area (Å²) in [7, 11) is -3.98. The molecule has 1 fully saturated rings. The van der Waals surface area contributed by atoms with Gasteiger partial charge in [-0.25, -0.2) is 13.4 Å². The van der Waals surface area contributed by atoms with Crippen molar-refractivity contribution in [3.8, 4) is 0 Å². The summed E-state index contributed by atoms with van der Waals surface area (Å²) in [6.45, 7) is 1.20. The van der Waals surface area contributed by atoms with Crippen LogP contribution in [-0.2, 0) is 34.3 Å². The Kier molecular flexibility index (Phi) is 7.22. The number of amides is 2. The molecule has 4 heterocycles. The molecule has 13 nitrogen and oxygen atoms in total. The van der Waals surface area contributed by atoms with Crippen LogP contribution >= 0.6 is 22.9 Å². The minimum Gasteiger partial charge on any atom is -0.347 e. The molecule has 6 rings (SSSR count). The first kappa shape index (κ1) is 26.7. The fourth-order valence-electron chi connectivity index (χ4n) is 4.83. The lowest BCUT2D eigenvalue weighted by Crippen LogP contribution is -2.61. The number of fused-ring (bicyclic) bond motifs is 2. The molecule has 2 aliphatic rings. The van der Waals surface area contributed by atoms with E-state index in [-0.39, 0.29) is 41.9 Å². The Morgan fingerprint density at radius 1 is 1.15 bits per heavy atom. The van der Waals surface area contributed by atoms with Crippen LogP contribution in [0.3, 0.4) is 0 Å². The minimum atomic E-state index is -3.98. The van der Waals surface area contributed by atoms with Crippen molar-refractivity contribution in [2.24, 2.45) is 0 Å². The Bertz CT molecular complexity index is 1670. The van der Waals surface area contributed by atoms with Gasteiger partial charge in [-0.1, -0.05) is 28.9 Å². The molecule has 3 N–H and O–H groups in total. The number of carbonyl (C=O) groups is 2. The maximum atomic E-state index is 13.7. The standard InChI is InChI=1S/C24H24ClN9O4S2/c25-16-3-1-15-10-17(4-2-14(15)9-16)40(37,38)33-7-8-34(19(13-33)22(35)27-12-21-29-31-32-30-21)24(36)23-28-18-5-6-26-11-20(18)39-23/h1-4,9-10,19,26H,5-8,11-13H2,(H,27,35)(H,29,30,31,32). The van der Waals surface area contributed by atoms with Gasteiger partial charge in [0.25, 0.3) is 5.91 Å². The van der Waals surface area contributed by atoms with Crippen LogP contribution in [0.1, 0.15) is 26.2 Å². The Morgan fingerprint density at radius 2 is 1.98 bits per heavy atom. The lowest BCUT2D eigenvalue weighted by atomic mass is 10.1. The molecule has 0 radical (unpaired) electrons. The quantitative estimate of drug-likeness (QED) is 0.291. The van der Waals surface area contributed by atoms with Crippen molar-refractivity contribution in [3.05, 3.63) is 62.8 Å². The van der Waals surface area contributed by atoms with Crippen LogP contribution in [0, 0.1) is 0 Å². The van der Waals surface area contributed by atoms with Crippen LogP contribution < -0.4 is 10.6 Å². The predicted octanol–water partition coefficient (Wildman–Crippen LogP) is 0.940. The zero-order chi connectivity index (χ0) is 27.9. The molecular formula is C24H24ClN9O4S2. The first-order valence-corrected chi connectivity index (χ1v) is 15.1. The highest BCUT2D eigenvalue weighted by Crippen LogP contribution is 2.28. The smallest absolute Gasteiger partial charge is 0.283 e. The average Bonchev–Trinajstić information content (AvgIpc) is 3.65. The van der Waals surface area contributed by atoms with Gasteiger partial charge in [0, 0.05) is 49.0 Å². The van der Waals surface area contributed by atoms with E-state index in [1.54, 1.807) is 30.3 Å². The van der Waals surface area contributed by atoms with Gasteiger partial charge in [-0.05, 0) is 35.0 Å². The van der Waals surface area contributed by atoms with Gasteiger partial charge in [0.15, 0.2) is 10.8 Å². The molecule has 0 bridgehead atoms. The molecular weight excluding hydrogens is 578 g/mol. The Hall–Kier alpha value is -3.50. The SMILES string of the molecule is O=C(NCc1nn[nH]n1)C1CN(S(=O)(=O)c2ccc3cc(Cl)ccc3c2)CCN1C(=O)c1nc2c(s1)CNCC2. The van der Waals surface area contributed by atoms with Crippen molar-refractivity contribution in [2.45, 2.75) is 30.4 Å². The van der Waals surface area contributed by atoms with Crippen molar-refractivity contribution >= 4 is 55.5 Å². The third-order valence-electron chi connectivity index (χ3n) is 6.91. The lowest BCUT2D eigenvalue weighted by molar-refractivity contribution is -0.127. The molecule has 1 atom stereocenters. The highest BCUT2D eigenvalue weighted by atomic mass is 35.5. The van der Waals surface area contributed by atoms with E-state index >= 15 is 0 Å². The van der Waals surface area contributed by atoms with Crippen LogP contribution in [0.4, 0.5) is 0 Å². The number of tetrazole rings is 1. The third-order valence-corrected chi connectivity index (χ3v) is 10.1. The highest BCUT2D eigenvalue weighted by Gasteiger charge is 2.41. The number of piperazine rings is 1. The maximum Gasteiger partial charge on any atom is 0.283 e. The zero-order valence-electron chi connectivity index (χ0n) is 21.0. The number of sulfonamides is 1. The number of benzene rings is 2. The van der Waals surface area contributed by atoms with E-state index in [1.165, 1.54) is 26.6 Å². The Balaban J connectivity index is 1.28. The largest absolute Gasteiger partial charge is 0.347 e. The molecule has 0 saturated carbocycles. The van der Waals surface area contributed by atoms with Gasteiger partial charge in [-0.3, -0.25) is 9.59 Å². The van der Waals surface area contributed by atoms with Gasteiger partial charge in [0.1, 0.15) is 6.04 Å². The molecule has 2 aromatic heterocycles. The van der Waals surface area contributed by atoms with Crippen molar-refractivity contribution in [3.63, 3.8) is 0 Å². The number of aromatic amines is 1. The summed E-state index contributed by atoms with van der Waals surface area (Å²) >= 11 is 7.37. The van der Waals surface area contributed by atoms with Gasteiger partial charge in [0.2, 0.25) is 15.9 Å². The maximum absolute atomic E-state index is 13.7. The van der Waals surface area contributed by atoms with Crippen LogP contribution in [-0.4, -0.2) is 87.3 Å². The van der Waals surface area contributed by atoms with Gasteiger partial charge in [0.05, 0.1) is 17.1 Å². The number of halogens is 1. The molecule has 40 heavy (non-hydrogen) atoms. The number of carbonyl (C=O) groups excluding carboxylic acids is 2. The van der Waals surface area contributed by atoms with Gasteiger partial charge in [-0.2, -0.15) is 9.52 Å². The van der Waals surface area contributed by atoms with Crippen molar-refractivity contribution in [1.82, 2.24) is 45.4 Å². The molecule has 0 aliphatic carbocycles. The molecule has 1 unspecified atom stereocenters. The molecule has 4 aromatic rings. The van der Waals surface area contributed by atoms with Crippen LogP contribution in [0.2, 0.25) is 5.02 Å². The fourth-order valence-corrected chi connectivity index (χ4v) is 7.52. The van der Waals surface area contributed by atoms with Crippen LogP contribution in [0.5, 0.6) is 0 Å². The molecule has 2 aliphatic heterocycles. The third kappa shape index (κ3) is 5.17. The van der Waals surface area contributed by atoms with E-state index in [0.717, 1.165) is 34.3 Å². The van der Waals surface area contributed by atoms with E-state index in [4.69, 9.17) is 11.6 Å². The number of nitrogens with zero attached hydrogens (tertiary/aromatic N) is 6. The highest BCUT2D eigenvalue weighted by molar-refractivity contribution is 7.89. The van der Waals surface area contributed by atoms with E-state index in [1.807, 2.05) is 0 Å². The van der Waals surface area contributed by atoms with Crippen LogP contribution in [0.25, 0.3) is 10.8 Å². The molecule has 2 amide bonds. The molecule has 208 valence electrons. The molecule has 1 saturated heterocycles. The summed E-state index contributed by atoms with van der Waals surface area (Å²) in [4.78, 5) is 34.0. The van der Waals surface area contributed by atoms with E-state index in [2.05, 4.69) is 36.2 Å². The monoisotopic (exact) mass is 601 g/mol. The van der Waals surface area contributed by atoms with Crippen molar-refractivity contribution < 1.29 is 18.0 Å². The van der Waals surface area contributed by atoms with Crippen molar-refractivity contribution in [1.29, 1.82) is 0 Å². The number of hydrogen-bond acceptors (Lipinski definition) is 10. The first-order valence-electron chi connectivity index (χ1n) is 12.5. The number of thiazole rings is 1. The number of nitrogens with one attached hydrogen (secondary N) is 3. The van der Waals surface area contributed by atoms with Gasteiger partial charge < -0.3 is 15.5 Å². The number of rotatable bonds is 6. The number of hydrogen-bond donors (Lipinski definition) is 3. The van der Waals surface area contributed by atoms with Crippen LogP contribution in [0.15, 0.2) is 41.3 Å². The summed E-state index contributed by atoms with van der Waals surface area (Å²) in [5.74, 6) is -0.684. The van der Waals surface area contributed by atoms with Crippen molar-refractivity contribution in [2.75, 3.05) is 26.2 Å². The fraction of sp³-hybridized carbons (Fsp3) is 0.333. The number of H-pyrrole nitrogens is 1. The zero-order valence-corrected chi connectivity index (χ0v) is 23.4. The Morgan fingerprint density at radius 3 is 2.77 bits per heavy atom. The van der Waals surface area contributed by atoms with Gasteiger partial charge >= 0.3 is 0 Å². The van der Waals surface area contributed by atoms with E-state index in [0.29, 0.717) is 11.6 Å². The second-order valence-electron chi connectivity index (χ2n) is 9.39. The summed E-state index contributed by atoms with van der Waals surface area (Å²) < 4.78 is 28.6. The number of aromatic nitrogens is 5. The molecule has 2 aromatic carbocycles. The summed E-state index contributed by atoms with van der Waals surface area (Å²) in [6.07, 6.45) is 0.720. The summed E-state index contributed by atoms with van der Waals surface area (Å²) in [6, 6.07) is 8.91. The second kappa shape index (κ2) is 10.8. The van der Waals surface area contributed by atoms with E-state index < -0.39 is 27.9 Å².